The maximum absolute atomic E-state index is 13.2. The Labute approximate surface area is 196 Å². The van der Waals surface area contributed by atoms with E-state index in [1.165, 1.54) is 10.8 Å². The van der Waals surface area contributed by atoms with Gasteiger partial charge in [0.25, 0.3) is 0 Å². The number of carbonyl (C=O) groups is 2. The summed E-state index contributed by atoms with van der Waals surface area (Å²) in [6.45, 7) is 8.79. The number of likely N-dealkylation sites (tertiary alicyclic amines) is 1. The predicted molar refractivity (Wildman–Crippen MR) is 129 cm³/mol. The summed E-state index contributed by atoms with van der Waals surface area (Å²) in [5.41, 5.74) is -0.321. The van der Waals surface area contributed by atoms with Gasteiger partial charge in [-0.1, -0.05) is 55.8 Å². The van der Waals surface area contributed by atoms with Crippen LogP contribution in [-0.4, -0.2) is 53.7 Å². The number of amides is 1. The monoisotopic (exact) mass is 452 g/mol. The number of ether oxygens (including phenoxy) is 2. The van der Waals surface area contributed by atoms with Crippen molar-refractivity contribution in [1.82, 2.24) is 10.2 Å². The Kier molecular flexibility index (Phi) is 6.52. The van der Waals surface area contributed by atoms with Crippen LogP contribution in [-0.2, 0) is 25.7 Å². The first-order chi connectivity index (χ1) is 15.6. The maximum atomic E-state index is 13.2. The highest BCUT2D eigenvalue weighted by Crippen LogP contribution is 2.47. The molecule has 2 aromatic carbocycles. The summed E-state index contributed by atoms with van der Waals surface area (Å²) in [5.74, 6) is -0.309. The van der Waals surface area contributed by atoms with Crippen LogP contribution in [0, 0.1) is 5.92 Å². The van der Waals surface area contributed by atoms with E-state index in [1.807, 2.05) is 57.8 Å². The topological polar surface area (TPSA) is 67.9 Å². The van der Waals surface area contributed by atoms with Crippen LogP contribution < -0.4 is 5.32 Å². The summed E-state index contributed by atoms with van der Waals surface area (Å²) < 4.78 is 11.9. The third kappa shape index (κ3) is 5.07. The molecule has 4 atom stereocenters. The molecule has 178 valence electrons. The van der Waals surface area contributed by atoms with E-state index in [2.05, 4.69) is 29.6 Å². The van der Waals surface area contributed by atoms with Gasteiger partial charge in [0.05, 0.1) is 18.8 Å². The van der Waals surface area contributed by atoms with Crippen molar-refractivity contribution < 1.29 is 19.1 Å². The van der Waals surface area contributed by atoms with Gasteiger partial charge in [0.15, 0.2) is 0 Å². The minimum absolute atomic E-state index is 0.0385. The van der Waals surface area contributed by atoms with E-state index in [-0.39, 0.29) is 29.9 Å². The molecule has 6 nitrogen and oxygen atoms in total. The fraction of sp³-hybridized carbons (Fsp3) is 0.556. The standard InChI is InChI=1S/C27H36N2O4/c1-6-20-15-27(20,25(31)33-26(2,3)4)28-24(30)23-14-21(16-29(23)5)32-17-19-12-9-11-18-10-7-8-13-22(18)19/h7-13,20-21,23H,6,14-17H2,1-5H3,(H,28,30)/t20?,21-,23+,27+/m1/s1. The zero-order chi connectivity index (χ0) is 23.8. The molecular formula is C27H36N2O4. The van der Waals surface area contributed by atoms with Crippen molar-refractivity contribution in [3.63, 3.8) is 0 Å². The molecule has 33 heavy (non-hydrogen) atoms. The molecule has 0 bridgehead atoms. The van der Waals surface area contributed by atoms with Crippen LogP contribution in [0.2, 0.25) is 0 Å². The minimum atomic E-state index is -0.887. The van der Waals surface area contributed by atoms with Crippen LogP contribution in [0.3, 0.4) is 0 Å². The summed E-state index contributed by atoms with van der Waals surface area (Å²) in [4.78, 5) is 28.1. The lowest BCUT2D eigenvalue weighted by atomic mass is 10.1. The Hall–Kier alpha value is -2.44. The molecule has 6 heteroatoms. The molecule has 2 aromatic rings. The van der Waals surface area contributed by atoms with Gasteiger partial charge in [-0.15, -0.1) is 0 Å². The van der Waals surface area contributed by atoms with E-state index in [4.69, 9.17) is 9.47 Å². The normalized spacial score (nSPS) is 27.5. The minimum Gasteiger partial charge on any atom is -0.458 e. The molecule has 0 spiro atoms. The van der Waals surface area contributed by atoms with E-state index >= 15 is 0 Å². The van der Waals surface area contributed by atoms with Crippen molar-refractivity contribution in [2.24, 2.45) is 5.92 Å². The molecule has 0 aromatic heterocycles. The molecule has 4 rings (SSSR count). The Bertz CT molecular complexity index is 1020. The first-order valence-corrected chi connectivity index (χ1v) is 12.0. The maximum Gasteiger partial charge on any atom is 0.332 e. The first-order valence-electron chi connectivity index (χ1n) is 12.0. The van der Waals surface area contributed by atoms with Gasteiger partial charge in [-0.2, -0.15) is 0 Å². The van der Waals surface area contributed by atoms with E-state index in [1.54, 1.807) is 0 Å². The molecule has 2 aliphatic rings. The van der Waals surface area contributed by atoms with Crippen LogP contribution >= 0.6 is 0 Å². The molecule has 1 saturated heterocycles. The smallest absolute Gasteiger partial charge is 0.332 e. The number of fused-ring (bicyclic) bond motifs is 1. The van der Waals surface area contributed by atoms with Gasteiger partial charge in [0, 0.05) is 6.54 Å². The lowest BCUT2D eigenvalue weighted by molar-refractivity contribution is -0.161. The fourth-order valence-corrected chi connectivity index (χ4v) is 4.95. The highest BCUT2D eigenvalue weighted by Gasteiger charge is 2.62. The second-order valence-electron chi connectivity index (χ2n) is 10.5. The van der Waals surface area contributed by atoms with Crippen molar-refractivity contribution in [2.75, 3.05) is 13.6 Å². The van der Waals surface area contributed by atoms with Gasteiger partial charge in [0.2, 0.25) is 5.91 Å². The molecular weight excluding hydrogens is 416 g/mol. The molecule has 1 N–H and O–H groups in total. The molecule has 2 fully saturated rings. The molecule has 0 radical (unpaired) electrons. The quantitative estimate of drug-likeness (QED) is 0.642. The molecule has 1 unspecified atom stereocenters. The van der Waals surface area contributed by atoms with Crippen LogP contribution in [0.4, 0.5) is 0 Å². The average Bonchev–Trinajstić information content (AvgIpc) is 3.35. The number of benzene rings is 2. The SMILES string of the molecule is CCC1C[C@@]1(NC(=O)[C@@H]1C[C@@H](OCc2cccc3ccccc23)CN1C)C(=O)OC(C)(C)C. The lowest BCUT2D eigenvalue weighted by Gasteiger charge is -2.27. The molecule has 1 aliphatic heterocycles. The first kappa shape index (κ1) is 23.7. The second-order valence-corrected chi connectivity index (χ2v) is 10.5. The predicted octanol–water partition coefficient (Wildman–Crippen LogP) is 4.06. The Morgan fingerprint density at radius 1 is 1.15 bits per heavy atom. The summed E-state index contributed by atoms with van der Waals surface area (Å²) in [5, 5.41) is 5.46. The number of nitrogens with zero attached hydrogens (tertiary/aromatic N) is 1. The highest BCUT2D eigenvalue weighted by molar-refractivity contribution is 5.93. The van der Waals surface area contributed by atoms with Crippen molar-refractivity contribution >= 4 is 22.6 Å². The second kappa shape index (κ2) is 9.07. The zero-order valence-electron chi connectivity index (χ0n) is 20.4. The van der Waals surface area contributed by atoms with E-state index in [0.29, 0.717) is 26.0 Å². The molecule has 1 aliphatic carbocycles. The number of hydrogen-bond acceptors (Lipinski definition) is 5. The lowest BCUT2D eigenvalue weighted by Crippen LogP contribution is -2.52. The number of esters is 1. The van der Waals surface area contributed by atoms with Crippen LogP contribution in [0.15, 0.2) is 42.5 Å². The number of carbonyl (C=O) groups excluding carboxylic acids is 2. The Balaban J connectivity index is 1.38. The van der Waals surface area contributed by atoms with Gasteiger partial charge in [-0.25, -0.2) is 4.79 Å². The number of rotatable bonds is 7. The van der Waals surface area contributed by atoms with Crippen LogP contribution in [0.1, 0.15) is 52.5 Å². The molecule has 1 saturated carbocycles. The van der Waals surface area contributed by atoms with Crippen LogP contribution in [0.5, 0.6) is 0 Å². The Morgan fingerprint density at radius 2 is 1.88 bits per heavy atom. The highest BCUT2D eigenvalue weighted by atomic mass is 16.6. The average molecular weight is 453 g/mol. The summed E-state index contributed by atoms with van der Waals surface area (Å²) in [7, 11) is 1.94. The van der Waals surface area contributed by atoms with E-state index in [0.717, 1.165) is 12.0 Å². The summed E-state index contributed by atoms with van der Waals surface area (Å²) >= 11 is 0. The van der Waals surface area contributed by atoms with Gasteiger partial charge in [0.1, 0.15) is 11.1 Å². The third-order valence-corrected chi connectivity index (χ3v) is 6.87. The molecule has 1 heterocycles. The summed E-state index contributed by atoms with van der Waals surface area (Å²) in [6.07, 6.45) is 2.04. The zero-order valence-corrected chi connectivity index (χ0v) is 20.4. The number of hydrogen-bond donors (Lipinski definition) is 1. The van der Waals surface area contributed by atoms with Crippen LogP contribution in [0.25, 0.3) is 10.8 Å². The van der Waals surface area contributed by atoms with Crippen molar-refractivity contribution in [1.29, 1.82) is 0 Å². The van der Waals surface area contributed by atoms with Crippen molar-refractivity contribution in [3.8, 4) is 0 Å². The van der Waals surface area contributed by atoms with Gasteiger partial charge >= 0.3 is 5.97 Å². The Morgan fingerprint density at radius 3 is 2.58 bits per heavy atom. The van der Waals surface area contributed by atoms with Gasteiger partial charge in [-0.05, 0) is 62.9 Å². The number of likely N-dealkylation sites (N-methyl/N-ethyl adjacent to an activating group) is 1. The number of nitrogens with one attached hydrogen (secondary N) is 1. The van der Waals surface area contributed by atoms with E-state index < -0.39 is 11.1 Å². The fourth-order valence-electron chi connectivity index (χ4n) is 4.95. The van der Waals surface area contributed by atoms with Crippen molar-refractivity contribution in [2.45, 2.75) is 76.9 Å². The third-order valence-electron chi connectivity index (χ3n) is 6.87. The van der Waals surface area contributed by atoms with Crippen molar-refractivity contribution in [3.05, 3.63) is 48.0 Å². The largest absolute Gasteiger partial charge is 0.458 e. The van der Waals surface area contributed by atoms with Gasteiger partial charge < -0.3 is 14.8 Å². The van der Waals surface area contributed by atoms with Gasteiger partial charge in [-0.3, -0.25) is 9.69 Å². The summed E-state index contributed by atoms with van der Waals surface area (Å²) in [6, 6.07) is 14.2. The molecule has 1 amide bonds. The van der Waals surface area contributed by atoms with E-state index in [9.17, 15) is 9.59 Å².